The van der Waals surface area contributed by atoms with Crippen LogP contribution >= 0.6 is 11.6 Å². The van der Waals surface area contributed by atoms with Gasteiger partial charge in [0.05, 0.1) is 6.54 Å². The Balaban J connectivity index is 1.53. The van der Waals surface area contributed by atoms with Crippen molar-refractivity contribution in [1.29, 1.82) is 0 Å². The van der Waals surface area contributed by atoms with E-state index in [1.807, 2.05) is 18.2 Å². The van der Waals surface area contributed by atoms with Crippen LogP contribution in [0.25, 0.3) is 0 Å². The number of benzene rings is 1. The summed E-state index contributed by atoms with van der Waals surface area (Å²) in [5, 5.41) is 0.450. The average molecular weight is 426 g/mol. The van der Waals surface area contributed by atoms with Crippen molar-refractivity contribution >= 4 is 23.3 Å². The fourth-order valence-corrected chi connectivity index (χ4v) is 3.65. The summed E-state index contributed by atoms with van der Waals surface area (Å²) in [5.41, 5.74) is -0.652. The molecule has 0 saturated carbocycles. The first-order chi connectivity index (χ1) is 14.5. The van der Waals surface area contributed by atoms with Gasteiger partial charge in [-0.05, 0) is 23.8 Å². The van der Waals surface area contributed by atoms with Gasteiger partial charge < -0.3 is 14.8 Å². The van der Waals surface area contributed by atoms with Gasteiger partial charge >= 0.3 is 5.69 Å². The summed E-state index contributed by atoms with van der Waals surface area (Å²) in [6, 6.07) is 12.7. The van der Waals surface area contributed by atoms with Crippen LogP contribution in [0.3, 0.4) is 0 Å². The van der Waals surface area contributed by atoms with Crippen molar-refractivity contribution in [3.05, 3.63) is 91.8 Å². The van der Waals surface area contributed by atoms with Crippen molar-refractivity contribution in [2.75, 3.05) is 31.1 Å². The summed E-state index contributed by atoms with van der Waals surface area (Å²) in [4.78, 5) is 48.7. The van der Waals surface area contributed by atoms with Crippen LogP contribution in [0.4, 0.5) is 5.82 Å². The number of nitrogens with one attached hydrogen (secondary N) is 1. The molecule has 1 fully saturated rings. The van der Waals surface area contributed by atoms with E-state index in [9.17, 15) is 14.4 Å². The highest BCUT2D eigenvalue weighted by molar-refractivity contribution is 6.31. The van der Waals surface area contributed by atoms with Crippen LogP contribution in [-0.4, -0.2) is 51.5 Å². The molecular weight excluding hydrogens is 406 g/mol. The first kappa shape index (κ1) is 19.9. The third-order valence-electron chi connectivity index (χ3n) is 5.12. The van der Waals surface area contributed by atoms with E-state index < -0.39 is 17.2 Å². The molecule has 0 aliphatic carbocycles. The van der Waals surface area contributed by atoms with E-state index in [0.29, 0.717) is 36.8 Å². The summed E-state index contributed by atoms with van der Waals surface area (Å²) in [6.07, 6.45) is 2.93. The molecule has 1 saturated heterocycles. The molecule has 1 N–H and O–H groups in total. The smallest absolute Gasteiger partial charge is 0.328 e. The molecule has 4 rings (SSSR count). The Morgan fingerprint density at radius 2 is 1.77 bits per heavy atom. The molecule has 1 aliphatic rings. The van der Waals surface area contributed by atoms with Crippen LogP contribution in [0.15, 0.2) is 64.4 Å². The zero-order valence-corrected chi connectivity index (χ0v) is 16.9. The topological polar surface area (TPSA) is 91.3 Å². The van der Waals surface area contributed by atoms with E-state index in [2.05, 4.69) is 14.9 Å². The second-order valence-corrected chi connectivity index (χ2v) is 7.36. The van der Waals surface area contributed by atoms with Crippen molar-refractivity contribution < 1.29 is 4.79 Å². The van der Waals surface area contributed by atoms with Crippen molar-refractivity contribution in [2.24, 2.45) is 0 Å². The highest BCUT2D eigenvalue weighted by Crippen LogP contribution is 2.16. The van der Waals surface area contributed by atoms with Crippen molar-refractivity contribution in [1.82, 2.24) is 19.4 Å². The molecule has 154 valence electrons. The molecule has 3 aromatic rings. The van der Waals surface area contributed by atoms with Gasteiger partial charge in [0, 0.05) is 43.6 Å². The monoisotopic (exact) mass is 425 g/mol. The maximum atomic E-state index is 13.0. The van der Waals surface area contributed by atoms with Crippen molar-refractivity contribution in [3.8, 4) is 0 Å². The molecule has 1 amide bonds. The van der Waals surface area contributed by atoms with Crippen molar-refractivity contribution in [2.45, 2.75) is 6.54 Å². The van der Waals surface area contributed by atoms with Gasteiger partial charge in [-0.3, -0.25) is 14.2 Å². The highest BCUT2D eigenvalue weighted by atomic mass is 35.5. The number of piperazine rings is 1. The summed E-state index contributed by atoms with van der Waals surface area (Å²) in [7, 11) is 0. The summed E-state index contributed by atoms with van der Waals surface area (Å²) >= 11 is 6.15. The fraction of sp³-hybridized carbons (Fsp3) is 0.238. The Bertz CT molecular complexity index is 1170. The average Bonchev–Trinajstić information content (AvgIpc) is 2.78. The zero-order chi connectivity index (χ0) is 21.1. The summed E-state index contributed by atoms with van der Waals surface area (Å²) in [5.74, 6) is 0.459. The number of anilines is 1. The Kier molecular flexibility index (Phi) is 5.67. The number of hydrogen-bond donors (Lipinski definition) is 1. The molecule has 9 heteroatoms. The van der Waals surface area contributed by atoms with Crippen LogP contribution in [-0.2, 0) is 6.54 Å². The molecule has 0 radical (unpaired) electrons. The van der Waals surface area contributed by atoms with E-state index in [1.165, 1.54) is 6.20 Å². The van der Waals surface area contributed by atoms with E-state index in [4.69, 9.17) is 11.6 Å². The number of pyridine rings is 1. The Morgan fingerprint density at radius 1 is 1.03 bits per heavy atom. The summed E-state index contributed by atoms with van der Waals surface area (Å²) in [6.45, 7) is 2.12. The standard InChI is InChI=1S/C21H20ClN5O3/c22-17-6-2-1-5-15(17)14-27-20(29)16(13-24-21(27)30)19(28)26-11-9-25(10-12-26)18-7-3-4-8-23-18/h1-8,13H,9-12,14H2,(H,24,30). The minimum absolute atomic E-state index is 0.0115. The lowest BCUT2D eigenvalue weighted by molar-refractivity contribution is 0.0743. The number of carbonyl (C=O) groups is 1. The lowest BCUT2D eigenvalue weighted by Gasteiger charge is -2.35. The van der Waals surface area contributed by atoms with Crippen LogP contribution in [0.5, 0.6) is 0 Å². The molecule has 3 heterocycles. The van der Waals surface area contributed by atoms with Crippen LogP contribution in [0.1, 0.15) is 15.9 Å². The number of nitrogens with zero attached hydrogens (tertiary/aromatic N) is 4. The Hall–Kier alpha value is -3.39. The molecule has 1 aliphatic heterocycles. The number of hydrogen-bond acceptors (Lipinski definition) is 5. The van der Waals surface area contributed by atoms with E-state index in [1.54, 1.807) is 35.4 Å². The SMILES string of the molecule is O=C(c1c[nH]c(=O)n(Cc2ccccc2Cl)c1=O)N1CCN(c2ccccn2)CC1. The summed E-state index contributed by atoms with van der Waals surface area (Å²) < 4.78 is 0.999. The molecule has 1 aromatic carbocycles. The third-order valence-corrected chi connectivity index (χ3v) is 5.49. The molecule has 0 bridgehead atoms. The Labute approximate surface area is 177 Å². The van der Waals surface area contributed by atoms with Gasteiger partial charge in [0.15, 0.2) is 0 Å². The number of aromatic nitrogens is 3. The number of rotatable bonds is 4. The minimum Gasteiger partial charge on any atom is -0.353 e. The normalized spacial score (nSPS) is 14.0. The molecule has 30 heavy (non-hydrogen) atoms. The minimum atomic E-state index is -0.629. The van der Waals surface area contributed by atoms with Crippen LogP contribution in [0, 0.1) is 0 Å². The highest BCUT2D eigenvalue weighted by Gasteiger charge is 2.25. The van der Waals surface area contributed by atoms with Gasteiger partial charge in [-0.1, -0.05) is 35.9 Å². The van der Waals surface area contributed by atoms with E-state index in [-0.39, 0.29) is 12.1 Å². The number of H-pyrrole nitrogens is 1. The maximum absolute atomic E-state index is 13.0. The predicted molar refractivity (Wildman–Crippen MR) is 114 cm³/mol. The van der Waals surface area contributed by atoms with Gasteiger partial charge in [0.1, 0.15) is 11.4 Å². The van der Waals surface area contributed by atoms with Crippen LogP contribution in [0.2, 0.25) is 5.02 Å². The molecule has 2 aromatic heterocycles. The van der Waals surface area contributed by atoms with Gasteiger partial charge in [-0.2, -0.15) is 0 Å². The predicted octanol–water partition coefficient (Wildman–Crippen LogP) is 1.60. The number of amides is 1. The number of aromatic amines is 1. The Morgan fingerprint density at radius 3 is 2.47 bits per heavy atom. The largest absolute Gasteiger partial charge is 0.353 e. The zero-order valence-electron chi connectivity index (χ0n) is 16.1. The van der Waals surface area contributed by atoms with Gasteiger partial charge in [-0.15, -0.1) is 0 Å². The maximum Gasteiger partial charge on any atom is 0.328 e. The first-order valence-electron chi connectivity index (χ1n) is 9.56. The third kappa shape index (κ3) is 3.99. The van der Waals surface area contributed by atoms with Gasteiger partial charge in [-0.25, -0.2) is 9.78 Å². The van der Waals surface area contributed by atoms with E-state index in [0.717, 1.165) is 10.4 Å². The van der Waals surface area contributed by atoms with Crippen LogP contribution < -0.4 is 16.1 Å². The number of carbonyl (C=O) groups excluding carboxylic acids is 1. The van der Waals surface area contributed by atoms with Gasteiger partial charge in [0.25, 0.3) is 11.5 Å². The van der Waals surface area contributed by atoms with E-state index >= 15 is 0 Å². The lowest BCUT2D eigenvalue weighted by atomic mass is 10.2. The van der Waals surface area contributed by atoms with Crippen molar-refractivity contribution in [3.63, 3.8) is 0 Å². The second-order valence-electron chi connectivity index (χ2n) is 6.96. The number of halogens is 1. The fourth-order valence-electron chi connectivity index (χ4n) is 3.45. The van der Waals surface area contributed by atoms with Gasteiger partial charge in [0.2, 0.25) is 0 Å². The first-order valence-corrected chi connectivity index (χ1v) is 9.93. The lowest BCUT2D eigenvalue weighted by Crippen LogP contribution is -2.50. The quantitative estimate of drug-likeness (QED) is 0.685. The second kappa shape index (κ2) is 8.54. The molecular formula is C21H20ClN5O3. The molecule has 0 spiro atoms. The molecule has 8 nitrogen and oxygen atoms in total. The molecule has 0 atom stereocenters. The molecule has 0 unspecified atom stereocenters.